The monoisotopic (exact) mass is 321 g/mol. The van der Waals surface area contributed by atoms with Crippen molar-refractivity contribution < 1.29 is 14.0 Å². The van der Waals surface area contributed by atoms with Crippen molar-refractivity contribution >= 4 is 29.0 Å². The summed E-state index contributed by atoms with van der Waals surface area (Å²) in [6.07, 6.45) is 0.282. The number of benzene rings is 1. The van der Waals surface area contributed by atoms with Crippen molar-refractivity contribution in [1.82, 2.24) is 0 Å². The minimum absolute atomic E-state index is 0.0267. The highest BCUT2D eigenvalue weighted by Gasteiger charge is 2.21. The van der Waals surface area contributed by atoms with Crippen LogP contribution in [0.2, 0.25) is 0 Å². The Bertz CT molecular complexity index is 434. The number of halogens is 1. The molecule has 0 aromatic heterocycles. The number of rotatable bonds is 6. The van der Waals surface area contributed by atoms with Crippen LogP contribution in [-0.2, 0) is 15.3 Å². The lowest BCUT2D eigenvalue weighted by Crippen LogP contribution is -1.96. The third-order valence-corrected chi connectivity index (χ3v) is 6.35. The van der Waals surface area contributed by atoms with E-state index in [4.69, 9.17) is 4.52 Å². The average Bonchev–Trinajstić information content (AvgIpc) is 2.30. The van der Waals surface area contributed by atoms with E-state index in [1.54, 1.807) is 19.1 Å². The molecule has 0 radical (unpaired) electrons. The molecule has 0 heterocycles. The number of nitro benzene ring substituents is 1. The van der Waals surface area contributed by atoms with E-state index in [9.17, 15) is 14.7 Å². The molecule has 0 fully saturated rings. The van der Waals surface area contributed by atoms with E-state index < -0.39 is 12.3 Å². The van der Waals surface area contributed by atoms with Gasteiger partial charge in [-0.2, -0.15) is 0 Å². The Balaban J connectivity index is 2.81. The highest BCUT2D eigenvalue weighted by Crippen LogP contribution is 2.51. The van der Waals surface area contributed by atoms with E-state index in [2.05, 4.69) is 15.9 Å². The molecule has 5 nitrogen and oxygen atoms in total. The first-order valence-electron chi connectivity index (χ1n) is 5.02. The summed E-state index contributed by atoms with van der Waals surface area (Å²) in [4.78, 5) is 10.0. The Hall–Kier alpha value is -0.710. The first kappa shape index (κ1) is 14.4. The van der Waals surface area contributed by atoms with Crippen molar-refractivity contribution in [2.24, 2.45) is 0 Å². The second kappa shape index (κ2) is 6.28. The molecule has 94 valence electrons. The molecule has 1 atom stereocenters. The van der Waals surface area contributed by atoms with Crippen LogP contribution >= 0.6 is 23.3 Å². The lowest BCUT2D eigenvalue weighted by Gasteiger charge is -2.14. The Morgan fingerprint density at radius 3 is 2.41 bits per heavy atom. The quantitative estimate of drug-likeness (QED) is 0.346. The molecular formula is C10H13BrNO4P. The largest absolute Gasteiger partial charge is 0.328 e. The lowest BCUT2D eigenvalue weighted by molar-refractivity contribution is -0.384. The topological polar surface area (TPSA) is 69.4 Å². The predicted octanol–water partition coefficient (Wildman–Crippen LogP) is 3.76. The van der Waals surface area contributed by atoms with Crippen LogP contribution in [0.5, 0.6) is 0 Å². The van der Waals surface area contributed by atoms with Gasteiger partial charge in [-0.15, -0.1) is 0 Å². The lowest BCUT2D eigenvalue weighted by atomic mass is 10.2. The molecule has 0 saturated carbocycles. The van der Waals surface area contributed by atoms with Gasteiger partial charge in [0, 0.05) is 12.1 Å². The standard InChI is InChI=1S/C10H13BrNO4P/c1-2-16-17(15,8-11)7-9-3-5-10(6-4-9)12(13)14/h3-6H,2,7-8H2,1H3. The number of nitrogens with zero attached hydrogens (tertiary/aromatic N) is 1. The number of hydrogen-bond acceptors (Lipinski definition) is 4. The second-order valence-electron chi connectivity index (χ2n) is 3.43. The highest BCUT2D eigenvalue weighted by molar-refractivity contribution is 9.10. The maximum atomic E-state index is 12.2. The maximum Gasteiger partial charge on any atom is 0.269 e. The van der Waals surface area contributed by atoms with Gasteiger partial charge in [0.25, 0.3) is 5.69 Å². The summed E-state index contributed by atoms with van der Waals surface area (Å²) >= 11 is 3.17. The molecule has 0 aliphatic rings. The zero-order chi connectivity index (χ0) is 12.9. The molecule has 1 unspecified atom stereocenters. The highest BCUT2D eigenvalue weighted by atomic mass is 79.9. The molecule has 0 aliphatic heterocycles. The van der Waals surface area contributed by atoms with Crippen LogP contribution < -0.4 is 0 Å². The summed E-state index contributed by atoms with van der Waals surface area (Å²) in [5, 5.41) is 10.8. The zero-order valence-electron chi connectivity index (χ0n) is 9.34. The Kier molecular flexibility index (Phi) is 5.31. The Labute approximate surface area is 108 Å². The van der Waals surface area contributed by atoms with Crippen molar-refractivity contribution in [3.05, 3.63) is 39.9 Å². The minimum Gasteiger partial charge on any atom is -0.328 e. The first-order valence-corrected chi connectivity index (χ1v) is 8.14. The minimum atomic E-state index is -2.71. The van der Waals surface area contributed by atoms with Gasteiger partial charge in [0.1, 0.15) is 0 Å². The molecule has 17 heavy (non-hydrogen) atoms. The Morgan fingerprint density at radius 1 is 1.41 bits per heavy atom. The fourth-order valence-electron chi connectivity index (χ4n) is 1.36. The van der Waals surface area contributed by atoms with Gasteiger partial charge in [0.2, 0.25) is 7.37 Å². The van der Waals surface area contributed by atoms with E-state index >= 15 is 0 Å². The third-order valence-electron chi connectivity index (χ3n) is 2.12. The smallest absolute Gasteiger partial charge is 0.269 e. The molecular weight excluding hydrogens is 309 g/mol. The van der Waals surface area contributed by atoms with Crippen molar-refractivity contribution in [1.29, 1.82) is 0 Å². The summed E-state index contributed by atoms with van der Waals surface area (Å²) in [7, 11) is -2.71. The second-order valence-corrected chi connectivity index (χ2v) is 7.38. The van der Waals surface area contributed by atoms with Crippen molar-refractivity contribution in [3.63, 3.8) is 0 Å². The molecule has 0 bridgehead atoms. The third kappa shape index (κ3) is 4.22. The summed E-state index contributed by atoms with van der Waals surface area (Å²) in [5.74, 6) is 0. The number of hydrogen-bond donors (Lipinski definition) is 0. The van der Waals surface area contributed by atoms with E-state index in [1.165, 1.54) is 12.1 Å². The van der Waals surface area contributed by atoms with Gasteiger partial charge < -0.3 is 4.52 Å². The SMILES string of the molecule is CCOP(=O)(CBr)Cc1ccc([N+](=O)[O-])cc1. The zero-order valence-corrected chi connectivity index (χ0v) is 11.8. The molecule has 0 saturated heterocycles. The van der Waals surface area contributed by atoms with E-state index in [0.29, 0.717) is 6.61 Å². The summed E-state index contributed by atoms with van der Waals surface area (Å²) in [6, 6.07) is 6.01. The fraction of sp³-hybridized carbons (Fsp3) is 0.400. The normalized spacial score (nSPS) is 14.2. The number of alkyl halides is 1. The van der Waals surface area contributed by atoms with Crippen LogP contribution in [-0.4, -0.2) is 16.6 Å². The fourth-order valence-corrected chi connectivity index (χ4v) is 3.81. The molecule has 0 N–H and O–H groups in total. The van der Waals surface area contributed by atoms with Gasteiger partial charge in [-0.1, -0.05) is 28.1 Å². The van der Waals surface area contributed by atoms with Crippen molar-refractivity contribution in [2.45, 2.75) is 13.1 Å². The van der Waals surface area contributed by atoms with Gasteiger partial charge >= 0.3 is 0 Å². The molecule has 0 aliphatic carbocycles. The first-order chi connectivity index (χ1) is 8.00. The molecule has 0 amide bonds. The molecule has 1 aromatic rings. The van der Waals surface area contributed by atoms with Crippen LogP contribution in [0.3, 0.4) is 0 Å². The van der Waals surface area contributed by atoms with Crippen LogP contribution in [0.15, 0.2) is 24.3 Å². The van der Waals surface area contributed by atoms with Crippen LogP contribution in [0, 0.1) is 10.1 Å². The molecule has 7 heteroatoms. The molecule has 1 rings (SSSR count). The van der Waals surface area contributed by atoms with Gasteiger partial charge in [-0.25, -0.2) is 0 Å². The van der Waals surface area contributed by atoms with Gasteiger partial charge in [0.15, 0.2) is 0 Å². The van der Waals surface area contributed by atoms with Crippen LogP contribution in [0.4, 0.5) is 5.69 Å². The van der Waals surface area contributed by atoms with Gasteiger partial charge in [-0.3, -0.25) is 14.7 Å². The molecule has 0 spiro atoms. The van der Waals surface area contributed by atoms with Crippen molar-refractivity contribution in [3.8, 4) is 0 Å². The number of non-ortho nitro benzene ring substituents is 1. The van der Waals surface area contributed by atoms with E-state index in [1.807, 2.05) is 0 Å². The summed E-state index contributed by atoms with van der Waals surface area (Å²) in [5.41, 5.74) is 0.797. The van der Waals surface area contributed by atoms with Crippen LogP contribution in [0.25, 0.3) is 0 Å². The van der Waals surface area contributed by atoms with Gasteiger partial charge in [-0.05, 0) is 12.5 Å². The van der Waals surface area contributed by atoms with Crippen molar-refractivity contribution in [2.75, 3.05) is 11.7 Å². The average molecular weight is 322 g/mol. The van der Waals surface area contributed by atoms with E-state index in [0.717, 1.165) is 5.56 Å². The molecule has 1 aromatic carbocycles. The predicted molar refractivity (Wildman–Crippen MR) is 69.8 cm³/mol. The van der Waals surface area contributed by atoms with Gasteiger partial charge in [0.05, 0.1) is 22.8 Å². The van der Waals surface area contributed by atoms with Crippen LogP contribution in [0.1, 0.15) is 12.5 Å². The maximum absolute atomic E-state index is 12.2. The van der Waals surface area contributed by atoms with E-state index in [-0.39, 0.29) is 16.9 Å². The summed E-state index contributed by atoms with van der Waals surface area (Å²) < 4.78 is 17.4. The Morgan fingerprint density at radius 2 is 2.00 bits per heavy atom. The number of nitro groups is 1. The summed E-state index contributed by atoms with van der Waals surface area (Å²) in [6.45, 7) is 2.17.